The van der Waals surface area contributed by atoms with Crippen LogP contribution in [0.2, 0.25) is 0 Å². The molecule has 0 fully saturated rings. The van der Waals surface area contributed by atoms with E-state index in [9.17, 15) is 4.79 Å². The van der Waals surface area contributed by atoms with Gasteiger partial charge in [0, 0.05) is 11.0 Å². The minimum absolute atomic E-state index is 0.282. The predicted octanol–water partition coefficient (Wildman–Crippen LogP) is 3.68. The van der Waals surface area contributed by atoms with Crippen LogP contribution in [0.15, 0.2) is 39.2 Å². The molecule has 0 amide bonds. The minimum atomic E-state index is -0.920. The molecule has 2 aromatic rings. The summed E-state index contributed by atoms with van der Waals surface area (Å²) in [4.78, 5) is 13.0. The zero-order valence-electron chi connectivity index (χ0n) is 11.4. The van der Waals surface area contributed by atoms with Crippen molar-refractivity contribution < 1.29 is 14.3 Å². The number of aryl methyl sites for hydroxylation is 1. The third-order valence-corrected chi connectivity index (χ3v) is 3.70. The molecule has 0 saturated carbocycles. The van der Waals surface area contributed by atoms with Gasteiger partial charge in [0.1, 0.15) is 11.5 Å². The normalized spacial score (nSPS) is 11.0. The summed E-state index contributed by atoms with van der Waals surface area (Å²) in [5.41, 5.74) is 1.32. The van der Waals surface area contributed by atoms with Crippen LogP contribution in [0.3, 0.4) is 0 Å². The molecule has 0 aliphatic heterocycles. The maximum Gasteiger partial charge on any atom is 0.335 e. The molecule has 0 aliphatic rings. The molecule has 0 aliphatic carbocycles. The summed E-state index contributed by atoms with van der Waals surface area (Å²) < 4.78 is 6.35. The van der Waals surface area contributed by atoms with Crippen molar-refractivity contribution in [1.82, 2.24) is 4.90 Å². The first-order valence-corrected chi connectivity index (χ1v) is 7.00. The number of carboxylic acid groups (broad SMARTS) is 1. The Bertz CT molecular complexity index is 621. The molecular formula is C15H16BrNO3. The molecular weight excluding hydrogens is 322 g/mol. The van der Waals surface area contributed by atoms with Crippen molar-refractivity contribution in [3.8, 4) is 0 Å². The molecule has 20 heavy (non-hydrogen) atoms. The van der Waals surface area contributed by atoms with Gasteiger partial charge in [-0.3, -0.25) is 4.90 Å². The van der Waals surface area contributed by atoms with Crippen LogP contribution < -0.4 is 0 Å². The van der Waals surface area contributed by atoms with Gasteiger partial charge >= 0.3 is 5.97 Å². The third kappa shape index (κ3) is 3.71. The maximum absolute atomic E-state index is 10.9. The van der Waals surface area contributed by atoms with Crippen molar-refractivity contribution >= 4 is 21.9 Å². The van der Waals surface area contributed by atoms with Crippen molar-refractivity contribution in [2.45, 2.75) is 20.0 Å². The Balaban J connectivity index is 2.04. The van der Waals surface area contributed by atoms with E-state index < -0.39 is 5.97 Å². The number of halogens is 1. The molecule has 106 valence electrons. The van der Waals surface area contributed by atoms with Crippen molar-refractivity contribution in [2.75, 3.05) is 7.05 Å². The van der Waals surface area contributed by atoms with Crippen LogP contribution in [0.4, 0.5) is 0 Å². The Labute approximate surface area is 126 Å². The number of carbonyl (C=O) groups is 1. The monoisotopic (exact) mass is 337 g/mol. The van der Waals surface area contributed by atoms with E-state index in [1.54, 1.807) is 12.1 Å². The second-order valence-electron chi connectivity index (χ2n) is 4.80. The average Bonchev–Trinajstić information content (AvgIpc) is 2.77. The van der Waals surface area contributed by atoms with Crippen molar-refractivity contribution in [2.24, 2.45) is 0 Å². The summed E-state index contributed by atoms with van der Waals surface area (Å²) in [5.74, 6) is 0.903. The lowest BCUT2D eigenvalue weighted by Crippen LogP contribution is -2.17. The second kappa shape index (κ2) is 6.24. The van der Waals surface area contributed by atoms with Crippen LogP contribution in [0.5, 0.6) is 0 Å². The van der Waals surface area contributed by atoms with E-state index in [0.717, 1.165) is 21.6 Å². The van der Waals surface area contributed by atoms with E-state index in [0.29, 0.717) is 13.1 Å². The fourth-order valence-corrected chi connectivity index (χ4v) is 2.50. The number of rotatable bonds is 5. The van der Waals surface area contributed by atoms with Crippen LogP contribution in [0.25, 0.3) is 0 Å². The Kier molecular flexibility index (Phi) is 4.62. The quantitative estimate of drug-likeness (QED) is 0.904. The highest BCUT2D eigenvalue weighted by atomic mass is 79.9. The fraction of sp³-hybridized carbons (Fsp3) is 0.267. The lowest BCUT2D eigenvalue weighted by molar-refractivity contribution is 0.0697. The zero-order chi connectivity index (χ0) is 14.7. The van der Waals surface area contributed by atoms with E-state index in [1.807, 2.05) is 32.2 Å². The van der Waals surface area contributed by atoms with Gasteiger partial charge in [-0.2, -0.15) is 0 Å². The van der Waals surface area contributed by atoms with Gasteiger partial charge in [0.05, 0.1) is 12.1 Å². The third-order valence-electron chi connectivity index (χ3n) is 2.96. The van der Waals surface area contributed by atoms with Gasteiger partial charge in [0.2, 0.25) is 0 Å². The van der Waals surface area contributed by atoms with Crippen LogP contribution in [-0.2, 0) is 13.1 Å². The molecule has 0 bridgehead atoms. The van der Waals surface area contributed by atoms with Gasteiger partial charge in [-0.25, -0.2) is 4.79 Å². The van der Waals surface area contributed by atoms with E-state index in [-0.39, 0.29) is 5.56 Å². The Hall–Kier alpha value is -1.59. The van der Waals surface area contributed by atoms with Crippen LogP contribution in [0, 0.1) is 6.92 Å². The number of nitrogens with zero attached hydrogens (tertiary/aromatic N) is 1. The molecule has 4 nitrogen and oxygen atoms in total. The molecule has 1 aromatic heterocycles. The molecule has 0 spiro atoms. The number of aromatic carboxylic acids is 1. The Morgan fingerprint density at radius 3 is 2.60 bits per heavy atom. The zero-order valence-corrected chi connectivity index (χ0v) is 13.0. The lowest BCUT2D eigenvalue weighted by atomic mass is 10.1. The summed E-state index contributed by atoms with van der Waals surface area (Å²) in [7, 11) is 2.00. The molecule has 1 aromatic carbocycles. The highest BCUT2D eigenvalue weighted by molar-refractivity contribution is 9.10. The average molecular weight is 338 g/mol. The highest BCUT2D eigenvalue weighted by Crippen LogP contribution is 2.21. The van der Waals surface area contributed by atoms with E-state index >= 15 is 0 Å². The summed E-state index contributed by atoms with van der Waals surface area (Å²) in [5, 5.41) is 8.94. The predicted molar refractivity (Wildman–Crippen MR) is 79.7 cm³/mol. The topological polar surface area (TPSA) is 53.7 Å². The van der Waals surface area contributed by atoms with Gasteiger partial charge in [-0.1, -0.05) is 22.0 Å². The lowest BCUT2D eigenvalue weighted by Gasteiger charge is -2.16. The van der Waals surface area contributed by atoms with Gasteiger partial charge < -0.3 is 9.52 Å². The van der Waals surface area contributed by atoms with Gasteiger partial charge in [-0.15, -0.1) is 0 Å². The maximum atomic E-state index is 10.9. The number of carboxylic acids is 1. The van der Waals surface area contributed by atoms with Gasteiger partial charge in [-0.05, 0) is 43.8 Å². The molecule has 0 radical (unpaired) electrons. The second-order valence-corrected chi connectivity index (χ2v) is 5.65. The summed E-state index contributed by atoms with van der Waals surface area (Å²) in [6.07, 6.45) is 0. The molecule has 5 heteroatoms. The molecule has 1 heterocycles. The molecule has 0 saturated heterocycles. The first-order chi connectivity index (χ1) is 9.45. The first-order valence-electron chi connectivity index (χ1n) is 6.21. The summed E-state index contributed by atoms with van der Waals surface area (Å²) in [6.45, 7) is 3.34. The van der Waals surface area contributed by atoms with E-state index in [4.69, 9.17) is 9.52 Å². The largest absolute Gasteiger partial charge is 0.478 e. The van der Waals surface area contributed by atoms with Crippen molar-refractivity contribution in [3.63, 3.8) is 0 Å². The van der Waals surface area contributed by atoms with Crippen LogP contribution >= 0.6 is 15.9 Å². The number of hydrogen-bond acceptors (Lipinski definition) is 3. The summed E-state index contributed by atoms with van der Waals surface area (Å²) in [6, 6.07) is 8.99. The summed E-state index contributed by atoms with van der Waals surface area (Å²) >= 11 is 3.42. The van der Waals surface area contributed by atoms with Crippen molar-refractivity contribution in [3.05, 3.63) is 57.5 Å². The van der Waals surface area contributed by atoms with Gasteiger partial charge in [0.15, 0.2) is 0 Å². The molecule has 0 atom stereocenters. The van der Waals surface area contributed by atoms with E-state index in [2.05, 4.69) is 20.8 Å². The Morgan fingerprint density at radius 1 is 1.30 bits per heavy atom. The van der Waals surface area contributed by atoms with Crippen LogP contribution in [0.1, 0.15) is 27.4 Å². The number of benzene rings is 1. The Morgan fingerprint density at radius 2 is 2.05 bits per heavy atom. The first kappa shape index (κ1) is 14.8. The SMILES string of the molecule is Cc1ccc(CN(C)Cc2ccc(C(=O)O)cc2Br)o1. The standard InChI is InChI=1S/C15H16BrNO3/c1-10-3-6-13(20-10)9-17(2)8-12-5-4-11(15(18)19)7-14(12)16/h3-7H,8-9H2,1-2H3,(H,18,19). The molecule has 2 rings (SSSR count). The number of hydrogen-bond donors (Lipinski definition) is 1. The van der Waals surface area contributed by atoms with Crippen molar-refractivity contribution in [1.29, 1.82) is 0 Å². The van der Waals surface area contributed by atoms with Gasteiger partial charge in [0.25, 0.3) is 0 Å². The highest BCUT2D eigenvalue weighted by Gasteiger charge is 2.10. The molecule has 1 N–H and O–H groups in total. The van der Waals surface area contributed by atoms with E-state index in [1.165, 1.54) is 0 Å². The smallest absolute Gasteiger partial charge is 0.335 e. The minimum Gasteiger partial charge on any atom is -0.478 e. The molecule has 0 unspecified atom stereocenters. The fourth-order valence-electron chi connectivity index (χ4n) is 1.99. The van der Waals surface area contributed by atoms with Crippen LogP contribution in [-0.4, -0.2) is 23.0 Å². The number of furan rings is 1.